The number of nitrogens with zero attached hydrogens (tertiary/aromatic N) is 2. The van der Waals surface area contributed by atoms with Gasteiger partial charge in [0.25, 0.3) is 5.91 Å². The minimum Gasteiger partial charge on any atom is -0.365 e. The molecule has 0 fully saturated rings. The number of amides is 1. The molecule has 170 valence electrons. The largest absolute Gasteiger partial charge is 0.365 e. The van der Waals surface area contributed by atoms with E-state index in [0.717, 1.165) is 38.5 Å². The fourth-order valence-electron chi connectivity index (χ4n) is 3.53. The first-order chi connectivity index (χ1) is 16.6. The maximum absolute atomic E-state index is 13.4. The fraction of sp³-hybridized carbons (Fsp3) is 0.0800. The van der Waals surface area contributed by atoms with E-state index in [1.807, 2.05) is 30.6 Å². The van der Waals surface area contributed by atoms with Gasteiger partial charge in [-0.2, -0.15) is 0 Å². The van der Waals surface area contributed by atoms with Crippen LogP contribution in [0.4, 0.5) is 14.6 Å². The molecule has 1 amide bonds. The van der Waals surface area contributed by atoms with Gasteiger partial charge in [0.15, 0.2) is 11.6 Å². The van der Waals surface area contributed by atoms with Crippen molar-refractivity contribution in [1.82, 2.24) is 20.3 Å². The van der Waals surface area contributed by atoms with Gasteiger partial charge in [-0.15, -0.1) is 11.3 Å². The molecule has 34 heavy (non-hydrogen) atoms. The van der Waals surface area contributed by atoms with Crippen LogP contribution in [0.5, 0.6) is 0 Å². The third kappa shape index (κ3) is 4.65. The molecule has 6 nitrogen and oxygen atoms in total. The van der Waals surface area contributed by atoms with Crippen LogP contribution in [0.2, 0.25) is 0 Å². The number of benzene rings is 1. The number of aromatic amines is 1. The predicted octanol–water partition coefficient (Wildman–Crippen LogP) is 5.51. The second-order valence-corrected chi connectivity index (χ2v) is 8.76. The molecule has 0 radical (unpaired) electrons. The molecule has 0 atom stereocenters. The number of rotatable bonds is 7. The lowest BCUT2D eigenvalue weighted by molar-refractivity contribution is 0.0951. The molecule has 3 N–H and O–H groups in total. The van der Waals surface area contributed by atoms with Gasteiger partial charge in [0, 0.05) is 45.8 Å². The second kappa shape index (κ2) is 9.40. The Morgan fingerprint density at radius 2 is 1.91 bits per heavy atom. The van der Waals surface area contributed by atoms with Crippen molar-refractivity contribution in [2.24, 2.45) is 0 Å². The van der Waals surface area contributed by atoms with E-state index < -0.39 is 11.6 Å². The molecule has 0 spiro atoms. The lowest BCUT2D eigenvalue weighted by atomic mass is 10.2. The molecule has 0 saturated heterocycles. The fourth-order valence-corrected chi connectivity index (χ4v) is 4.46. The maximum Gasteiger partial charge on any atom is 0.255 e. The normalized spacial score (nSPS) is 11.0. The van der Waals surface area contributed by atoms with Crippen LogP contribution in [0.1, 0.15) is 20.8 Å². The number of halogens is 2. The molecule has 5 aromatic rings. The summed E-state index contributed by atoms with van der Waals surface area (Å²) >= 11 is 1.63. The zero-order valence-corrected chi connectivity index (χ0v) is 18.6. The standard InChI is InChI=1S/C25H19F2N5OS/c26-20-5-3-15(10-21(20)27)12-32-25(33)19-2-1-8-28-24(19)31-14-18-4-6-22(34-18)17-11-16-7-9-29-23(16)30-13-17/h1-11,13H,12,14H2,(H,28,31)(H,29,30)(H,32,33). The van der Waals surface area contributed by atoms with Gasteiger partial charge in [0.1, 0.15) is 11.5 Å². The Morgan fingerprint density at radius 3 is 2.79 bits per heavy atom. The first-order valence-electron chi connectivity index (χ1n) is 10.5. The summed E-state index contributed by atoms with van der Waals surface area (Å²) < 4.78 is 26.5. The van der Waals surface area contributed by atoms with Crippen LogP contribution >= 0.6 is 11.3 Å². The van der Waals surface area contributed by atoms with Gasteiger partial charge in [-0.3, -0.25) is 4.79 Å². The highest BCUT2D eigenvalue weighted by atomic mass is 32.1. The van der Waals surface area contributed by atoms with Crippen molar-refractivity contribution < 1.29 is 13.6 Å². The molecule has 9 heteroatoms. The summed E-state index contributed by atoms with van der Waals surface area (Å²) in [5, 5.41) is 7.00. The Labute approximate surface area is 197 Å². The third-order valence-corrected chi connectivity index (χ3v) is 6.40. The number of anilines is 1. The van der Waals surface area contributed by atoms with E-state index in [1.165, 1.54) is 6.07 Å². The van der Waals surface area contributed by atoms with Gasteiger partial charge < -0.3 is 15.6 Å². The summed E-state index contributed by atoms with van der Waals surface area (Å²) in [6.45, 7) is 0.559. The molecular formula is C25H19F2N5OS. The number of H-pyrrole nitrogens is 1. The average Bonchev–Trinajstić information content (AvgIpc) is 3.52. The van der Waals surface area contributed by atoms with Crippen LogP contribution in [0, 0.1) is 11.6 Å². The molecule has 5 rings (SSSR count). The van der Waals surface area contributed by atoms with E-state index in [4.69, 9.17) is 0 Å². The molecule has 0 aliphatic rings. The summed E-state index contributed by atoms with van der Waals surface area (Å²) in [6.07, 6.45) is 5.31. The van der Waals surface area contributed by atoms with E-state index in [9.17, 15) is 13.6 Å². The molecule has 0 saturated carbocycles. The van der Waals surface area contributed by atoms with Crippen LogP contribution in [0.3, 0.4) is 0 Å². The number of carbonyl (C=O) groups is 1. The zero-order valence-electron chi connectivity index (χ0n) is 17.8. The van der Waals surface area contributed by atoms with Gasteiger partial charge >= 0.3 is 0 Å². The molecule has 4 heterocycles. The lowest BCUT2D eigenvalue weighted by Crippen LogP contribution is -2.24. The third-order valence-electron chi connectivity index (χ3n) is 5.27. The number of hydrogen-bond donors (Lipinski definition) is 3. The number of aromatic nitrogens is 3. The average molecular weight is 476 g/mol. The second-order valence-electron chi connectivity index (χ2n) is 7.59. The molecule has 0 bridgehead atoms. The van der Waals surface area contributed by atoms with E-state index in [2.05, 4.69) is 31.7 Å². The predicted molar refractivity (Wildman–Crippen MR) is 128 cm³/mol. The molecule has 0 aliphatic carbocycles. The van der Waals surface area contributed by atoms with Crippen LogP contribution in [0.25, 0.3) is 21.5 Å². The quantitative estimate of drug-likeness (QED) is 0.290. The number of pyridine rings is 2. The Hall–Kier alpha value is -4.11. The number of thiophene rings is 1. The van der Waals surface area contributed by atoms with Crippen molar-refractivity contribution in [3.05, 3.63) is 101 Å². The van der Waals surface area contributed by atoms with Crippen molar-refractivity contribution in [3.63, 3.8) is 0 Å². The maximum atomic E-state index is 13.4. The Bertz CT molecular complexity index is 1480. The molecule has 0 aliphatic heterocycles. The van der Waals surface area contributed by atoms with Crippen LogP contribution in [0.15, 0.2) is 73.2 Å². The Morgan fingerprint density at radius 1 is 1.00 bits per heavy atom. The van der Waals surface area contributed by atoms with Gasteiger partial charge in [0.2, 0.25) is 0 Å². The highest BCUT2D eigenvalue weighted by molar-refractivity contribution is 7.15. The van der Waals surface area contributed by atoms with Crippen molar-refractivity contribution in [2.75, 3.05) is 5.32 Å². The van der Waals surface area contributed by atoms with Crippen molar-refractivity contribution >= 4 is 34.1 Å². The molecule has 0 unspecified atom stereocenters. The monoisotopic (exact) mass is 475 g/mol. The summed E-state index contributed by atoms with van der Waals surface area (Å²) in [6, 6.07) is 15.0. The number of hydrogen-bond acceptors (Lipinski definition) is 5. The minimum atomic E-state index is -0.949. The van der Waals surface area contributed by atoms with Gasteiger partial charge in [-0.25, -0.2) is 18.7 Å². The molecular weight excluding hydrogens is 456 g/mol. The Kier molecular flexibility index (Phi) is 6.01. The summed E-state index contributed by atoms with van der Waals surface area (Å²) in [4.78, 5) is 26.7. The van der Waals surface area contributed by atoms with Gasteiger partial charge in [-0.1, -0.05) is 6.07 Å². The number of nitrogens with one attached hydrogen (secondary N) is 3. The first kappa shape index (κ1) is 21.7. The van der Waals surface area contributed by atoms with E-state index in [0.29, 0.717) is 23.5 Å². The van der Waals surface area contributed by atoms with Crippen LogP contribution in [-0.4, -0.2) is 20.9 Å². The lowest BCUT2D eigenvalue weighted by Gasteiger charge is -2.11. The smallest absolute Gasteiger partial charge is 0.255 e. The summed E-state index contributed by atoms with van der Waals surface area (Å²) in [5.74, 6) is -1.80. The molecule has 1 aromatic carbocycles. The van der Waals surface area contributed by atoms with Crippen LogP contribution < -0.4 is 10.6 Å². The highest BCUT2D eigenvalue weighted by Gasteiger charge is 2.13. The summed E-state index contributed by atoms with van der Waals surface area (Å²) in [7, 11) is 0. The highest BCUT2D eigenvalue weighted by Crippen LogP contribution is 2.30. The first-order valence-corrected chi connectivity index (χ1v) is 11.3. The minimum absolute atomic E-state index is 0.0676. The van der Waals surface area contributed by atoms with E-state index >= 15 is 0 Å². The SMILES string of the molecule is O=C(NCc1ccc(F)c(F)c1)c1cccnc1NCc1ccc(-c2cnc3[nH]ccc3c2)s1. The number of carbonyl (C=O) groups excluding carboxylic acids is 1. The Balaban J connectivity index is 1.25. The summed E-state index contributed by atoms with van der Waals surface area (Å²) in [5.41, 5.74) is 2.72. The molecule has 4 aromatic heterocycles. The van der Waals surface area contributed by atoms with Crippen LogP contribution in [-0.2, 0) is 13.1 Å². The van der Waals surface area contributed by atoms with Crippen molar-refractivity contribution in [2.45, 2.75) is 13.1 Å². The van der Waals surface area contributed by atoms with Gasteiger partial charge in [0.05, 0.1) is 12.1 Å². The van der Waals surface area contributed by atoms with E-state index in [1.54, 1.807) is 29.7 Å². The topological polar surface area (TPSA) is 82.7 Å². The zero-order chi connectivity index (χ0) is 23.5. The number of fused-ring (bicyclic) bond motifs is 1. The van der Waals surface area contributed by atoms with Crippen molar-refractivity contribution in [1.29, 1.82) is 0 Å². The van der Waals surface area contributed by atoms with Gasteiger partial charge in [-0.05, 0) is 54.1 Å². The van der Waals surface area contributed by atoms with E-state index in [-0.39, 0.29) is 12.5 Å². The van der Waals surface area contributed by atoms with Crippen molar-refractivity contribution in [3.8, 4) is 10.4 Å².